The minimum Gasteiger partial charge on any atom is -0.356 e. The molecule has 26 heavy (non-hydrogen) atoms. The number of carbonyl (C=O) groups is 1. The summed E-state index contributed by atoms with van der Waals surface area (Å²) in [6.07, 6.45) is 4.09. The van der Waals surface area contributed by atoms with E-state index in [1.807, 2.05) is 12.1 Å². The lowest BCUT2D eigenvalue weighted by atomic mass is 9.97. The van der Waals surface area contributed by atoms with Crippen molar-refractivity contribution in [1.82, 2.24) is 15.5 Å². The molecule has 0 saturated carbocycles. The monoisotopic (exact) mass is 352 g/mol. The third-order valence-electron chi connectivity index (χ3n) is 4.94. The van der Waals surface area contributed by atoms with Crippen LogP contribution < -0.4 is 10.2 Å². The van der Waals surface area contributed by atoms with Gasteiger partial charge in [-0.25, -0.2) is 0 Å². The summed E-state index contributed by atoms with van der Waals surface area (Å²) < 4.78 is 0. The SMILES string of the molecule is CCCCNC(=O)[C@@H]1CCCN(c2ccc(-c3ccc(C)cc3)nn2)C1. The highest BCUT2D eigenvalue weighted by atomic mass is 16.1. The maximum absolute atomic E-state index is 12.3. The average molecular weight is 352 g/mol. The molecule has 0 aliphatic carbocycles. The molecule has 0 radical (unpaired) electrons. The summed E-state index contributed by atoms with van der Waals surface area (Å²) >= 11 is 0. The number of hydrogen-bond acceptors (Lipinski definition) is 4. The minimum absolute atomic E-state index is 0.0409. The first-order valence-corrected chi connectivity index (χ1v) is 9.61. The predicted octanol–water partition coefficient (Wildman–Crippen LogP) is 3.58. The summed E-state index contributed by atoms with van der Waals surface area (Å²) in [5, 5.41) is 11.9. The molecule has 5 nitrogen and oxygen atoms in total. The fourth-order valence-corrected chi connectivity index (χ4v) is 3.30. The fraction of sp³-hybridized carbons (Fsp3) is 0.476. The van der Waals surface area contributed by atoms with E-state index in [0.717, 1.165) is 62.4 Å². The van der Waals surface area contributed by atoms with Crippen LogP contribution in [0.2, 0.25) is 0 Å². The molecule has 1 N–H and O–H groups in total. The number of benzene rings is 1. The number of unbranched alkanes of at least 4 members (excludes halogenated alkanes) is 1. The molecule has 2 aromatic rings. The molecule has 0 unspecified atom stereocenters. The molecule has 1 aromatic heterocycles. The number of aromatic nitrogens is 2. The topological polar surface area (TPSA) is 58.1 Å². The molecular formula is C21H28N4O. The van der Waals surface area contributed by atoms with Gasteiger partial charge in [0, 0.05) is 25.2 Å². The quantitative estimate of drug-likeness (QED) is 0.807. The van der Waals surface area contributed by atoms with Gasteiger partial charge < -0.3 is 10.2 Å². The van der Waals surface area contributed by atoms with Crippen molar-refractivity contribution in [3.8, 4) is 11.3 Å². The molecule has 3 rings (SSSR count). The number of carbonyl (C=O) groups excluding carboxylic acids is 1. The molecule has 5 heteroatoms. The number of nitrogens with zero attached hydrogens (tertiary/aromatic N) is 3. The van der Waals surface area contributed by atoms with Crippen LogP contribution in [-0.4, -0.2) is 35.7 Å². The minimum atomic E-state index is 0.0409. The number of nitrogens with one attached hydrogen (secondary N) is 1. The lowest BCUT2D eigenvalue weighted by molar-refractivity contribution is -0.125. The van der Waals surface area contributed by atoms with E-state index < -0.39 is 0 Å². The number of rotatable bonds is 6. The van der Waals surface area contributed by atoms with E-state index in [9.17, 15) is 4.79 Å². The zero-order valence-corrected chi connectivity index (χ0v) is 15.7. The van der Waals surface area contributed by atoms with Gasteiger partial charge in [0.05, 0.1) is 11.6 Å². The second-order valence-corrected chi connectivity index (χ2v) is 7.07. The Balaban J connectivity index is 1.63. The summed E-state index contributed by atoms with van der Waals surface area (Å²) in [7, 11) is 0. The van der Waals surface area contributed by atoms with Crippen LogP contribution in [0, 0.1) is 12.8 Å². The predicted molar refractivity (Wildman–Crippen MR) is 105 cm³/mol. The summed E-state index contributed by atoms with van der Waals surface area (Å²) in [6.45, 7) is 6.63. The second-order valence-electron chi connectivity index (χ2n) is 7.07. The Bertz CT molecular complexity index is 712. The first kappa shape index (κ1) is 18.4. The second kappa shape index (κ2) is 8.79. The van der Waals surface area contributed by atoms with Gasteiger partial charge in [0.2, 0.25) is 5.91 Å². The van der Waals surface area contributed by atoms with E-state index >= 15 is 0 Å². The van der Waals surface area contributed by atoms with Crippen molar-refractivity contribution in [3.05, 3.63) is 42.0 Å². The van der Waals surface area contributed by atoms with Gasteiger partial charge in [-0.05, 0) is 38.3 Å². The first-order valence-electron chi connectivity index (χ1n) is 9.61. The van der Waals surface area contributed by atoms with Crippen molar-refractivity contribution < 1.29 is 4.79 Å². The van der Waals surface area contributed by atoms with Crippen LogP contribution in [0.5, 0.6) is 0 Å². The molecular weight excluding hydrogens is 324 g/mol. The van der Waals surface area contributed by atoms with E-state index in [2.05, 4.69) is 58.5 Å². The van der Waals surface area contributed by atoms with Crippen LogP contribution in [0.15, 0.2) is 36.4 Å². The number of aryl methyl sites for hydroxylation is 1. The van der Waals surface area contributed by atoms with Crippen molar-refractivity contribution in [2.45, 2.75) is 39.5 Å². The lowest BCUT2D eigenvalue weighted by Gasteiger charge is -2.32. The van der Waals surface area contributed by atoms with Crippen molar-refractivity contribution >= 4 is 11.7 Å². The molecule has 138 valence electrons. The molecule has 1 aliphatic heterocycles. The van der Waals surface area contributed by atoms with Crippen LogP contribution >= 0.6 is 0 Å². The standard InChI is InChI=1S/C21H28N4O/c1-3-4-13-22-21(26)18-6-5-14-25(15-18)20-12-11-19(23-24-20)17-9-7-16(2)8-10-17/h7-12,18H,3-6,13-15H2,1-2H3,(H,22,26)/t18-/m1/s1. The van der Waals surface area contributed by atoms with E-state index in [4.69, 9.17) is 0 Å². The first-order chi connectivity index (χ1) is 12.7. The zero-order valence-electron chi connectivity index (χ0n) is 15.7. The molecule has 1 fully saturated rings. The van der Waals surface area contributed by atoms with E-state index in [-0.39, 0.29) is 11.8 Å². The van der Waals surface area contributed by atoms with Crippen molar-refractivity contribution in [2.24, 2.45) is 5.92 Å². The van der Waals surface area contributed by atoms with Crippen LogP contribution in [0.1, 0.15) is 38.2 Å². The van der Waals surface area contributed by atoms with Crippen LogP contribution in [0.25, 0.3) is 11.3 Å². The van der Waals surface area contributed by atoms with Gasteiger partial charge in [0.1, 0.15) is 0 Å². The molecule has 1 aliphatic rings. The van der Waals surface area contributed by atoms with Crippen molar-refractivity contribution in [2.75, 3.05) is 24.5 Å². The summed E-state index contributed by atoms with van der Waals surface area (Å²) in [5.41, 5.74) is 3.18. The zero-order chi connectivity index (χ0) is 18.4. The highest BCUT2D eigenvalue weighted by molar-refractivity contribution is 5.79. The molecule has 2 heterocycles. The number of piperidine rings is 1. The van der Waals surface area contributed by atoms with E-state index in [1.54, 1.807) is 0 Å². The Morgan fingerprint density at radius 3 is 2.69 bits per heavy atom. The largest absolute Gasteiger partial charge is 0.356 e. The molecule has 1 atom stereocenters. The molecule has 0 bridgehead atoms. The number of hydrogen-bond donors (Lipinski definition) is 1. The molecule has 0 spiro atoms. The van der Waals surface area contributed by atoms with Crippen molar-refractivity contribution in [3.63, 3.8) is 0 Å². The Hall–Kier alpha value is -2.43. The molecule has 1 amide bonds. The maximum atomic E-state index is 12.3. The lowest BCUT2D eigenvalue weighted by Crippen LogP contribution is -2.43. The normalized spacial score (nSPS) is 17.2. The van der Waals surface area contributed by atoms with Crippen molar-refractivity contribution in [1.29, 1.82) is 0 Å². The third kappa shape index (κ3) is 4.59. The van der Waals surface area contributed by atoms with Gasteiger partial charge in [-0.2, -0.15) is 0 Å². The van der Waals surface area contributed by atoms with Gasteiger partial charge >= 0.3 is 0 Å². The Morgan fingerprint density at radius 1 is 1.19 bits per heavy atom. The fourth-order valence-electron chi connectivity index (χ4n) is 3.30. The van der Waals surface area contributed by atoms with E-state index in [0.29, 0.717) is 0 Å². The summed E-state index contributed by atoms with van der Waals surface area (Å²) in [6, 6.07) is 12.3. The molecule has 1 aromatic carbocycles. The van der Waals surface area contributed by atoms with Gasteiger partial charge in [0.25, 0.3) is 0 Å². The Morgan fingerprint density at radius 2 is 2.00 bits per heavy atom. The van der Waals surface area contributed by atoms with Gasteiger partial charge in [-0.1, -0.05) is 43.2 Å². The Kier molecular flexibility index (Phi) is 6.21. The van der Waals surface area contributed by atoms with Crippen LogP contribution in [0.4, 0.5) is 5.82 Å². The van der Waals surface area contributed by atoms with Crippen LogP contribution in [0.3, 0.4) is 0 Å². The number of anilines is 1. The maximum Gasteiger partial charge on any atom is 0.224 e. The Labute approximate surface area is 155 Å². The van der Waals surface area contributed by atoms with Gasteiger partial charge in [-0.15, -0.1) is 10.2 Å². The highest BCUT2D eigenvalue weighted by Gasteiger charge is 2.26. The smallest absolute Gasteiger partial charge is 0.224 e. The number of amides is 1. The van der Waals surface area contributed by atoms with Crippen LogP contribution in [-0.2, 0) is 4.79 Å². The van der Waals surface area contributed by atoms with E-state index in [1.165, 1.54) is 5.56 Å². The van der Waals surface area contributed by atoms with Gasteiger partial charge in [-0.3, -0.25) is 4.79 Å². The highest BCUT2D eigenvalue weighted by Crippen LogP contribution is 2.23. The average Bonchev–Trinajstić information content (AvgIpc) is 2.69. The summed E-state index contributed by atoms with van der Waals surface area (Å²) in [5.74, 6) is 1.07. The summed E-state index contributed by atoms with van der Waals surface area (Å²) in [4.78, 5) is 14.5. The third-order valence-corrected chi connectivity index (χ3v) is 4.94. The molecule has 1 saturated heterocycles. The van der Waals surface area contributed by atoms with Gasteiger partial charge in [0.15, 0.2) is 5.82 Å².